The van der Waals surface area contributed by atoms with Crippen LogP contribution in [0.25, 0.3) is 21.9 Å². The minimum atomic E-state index is -1.12. The molecule has 5 amide bonds. The maximum absolute atomic E-state index is 12.7. The third-order valence-electron chi connectivity index (χ3n) is 23.0. The molecule has 11 rings (SSSR count). The van der Waals surface area contributed by atoms with Crippen LogP contribution in [0.4, 0.5) is 4.79 Å². The molecule has 6 aliphatic rings. The average molecular weight is 1870 g/mol. The molecule has 18 N–H and O–H groups in total. The molecule has 40 nitrogen and oxygen atoms in total. The molecule has 1 aliphatic carbocycles. The number of fused-ring (bicyclic) bond motifs is 4. The summed E-state index contributed by atoms with van der Waals surface area (Å²) in [6, 6.07) is 35.4. The summed E-state index contributed by atoms with van der Waals surface area (Å²) in [6.07, 6.45) is -8.81. The van der Waals surface area contributed by atoms with Gasteiger partial charge >= 0.3 is 6.09 Å². The maximum atomic E-state index is 12.7. The van der Waals surface area contributed by atoms with Crippen molar-refractivity contribution in [1.82, 2.24) is 26.6 Å². The summed E-state index contributed by atoms with van der Waals surface area (Å²) in [5.41, 5.74) is 38.8. The Balaban J connectivity index is 0.000000234. The lowest BCUT2D eigenvalue weighted by Gasteiger charge is -2.44. The summed E-state index contributed by atoms with van der Waals surface area (Å²) in [4.78, 5) is 68.4. The molecule has 5 aromatic rings. The highest BCUT2D eigenvalue weighted by Crippen LogP contribution is 2.45. The van der Waals surface area contributed by atoms with Gasteiger partial charge in [-0.05, 0) is 90.0 Å². The third kappa shape index (κ3) is 31.5. The molecule has 732 valence electrons. The van der Waals surface area contributed by atoms with Crippen LogP contribution in [0.15, 0.2) is 125 Å². The number of methoxy groups -OCH3 is 13. The van der Waals surface area contributed by atoms with E-state index < -0.39 is 60.9 Å². The molecule has 5 aromatic carbocycles. The highest BCUT2D eigenvalue weighted by Gasteiger charge is 2.51. The smallest absolute Gasteiger partial charge is 0.407 e. The van der Waals surface area contributed by atoms with Crippen molar-refractivity contribution < 1.29 is 129 Å². The highest BCUT2D eigenvalue weighted by atomic mass is 35.5. The Morgan fingerprint density at radius 2 is 0.817 bits per heavy atom. The predicted molar refractivity (Wildman–Crippen MR) is 486 cm³/mol. The second-order valence-electron chi connectivity index (χ2n) is 31.6. The fourth-order valence-corrected chi connectivity index (χ4v) is 16.8. The molecule has 131 heavy (non-hydrogen) atoms. The molecule has 5 fully saturated rings. The van der Waals surface area contributed by atoms with Crippen LogP contribution < -0.4 is 61.0 Å². The van der Waals surface area contributed by atoms with Crippen molar-refractivity contribution in [1.29, 1.82) is 0 Å². The Morgan fingerprint density at radius 3 is 1.25 bits per heavy atom. The van der Waals surface area contributed by atoms with Gasteiger partial charge in [0.05, 0.1) is 101 Å². The van der Waals surface area contributed by atoms with Crippen molar-refractivity contribution in [2.24, 2.45) is 44.4 Å². The quantitative estimate of drug-likeness (QED) is 0.0198. The van der Waals surface area contributed by atoms with E-state index in [1.54, 1.807) is 97.5 Å². The number of rotatable bonds is 37. The van der Waals surface area contributed by atoms with E-state index in [0.717, 1.165) is 44.2 Å². The number of amides is 5. The molecule has 0 spiro atoms. The standard InChI is InChI=1S/C28H33ClN4O6.C27H34N2O7.C13H26N4O5.C12H24N2O5.C10H21NO4/c1-36-26-24(33-23(34)13-32-28(30)31)27(38-15-17-7-10-21(29)11-8-17)39-22(25(26)35)16-37-14-18-6-9-19-4-2-3-5-20(19)12-18;1-16-24(26(34-4)25(33-3)22(36-16)15-32-2)29-23(30)13-28-27(31)35-14-21-19-11-7-5-9-17(19)18-10-6-8-12-20(18)21;1-7-10(17-9(18)5-16-13(14)15)12(21-4)11(20-3)8(22-7)6-19-2;1-7-10(14-9(15)5-13)12(18-4)11(17-3)8(19-7)6-16-2;1-6-8(11)10(14-4)9(13-3)7(15-6)5-12-2/h2-12,22,24-27,35H,13-16H2,1H3,(H,33,34)(H4,30,31,32);5-12,16,21-22,24-26H,13-15H2,1-4H3,(H,28,31)(H,29,30);7-8,10-12H,5-6H2,1-4H3,(H,17,18)(H4,14,15,16);7-8,10-12H,5-6,13H2,1-4H3,(H,14,15);6-10H,5,11H2,1-4H3/t22?,24?,25-,26-,27?;16?,22?,24?,25-,26-;2*7?,8?,10?,11-,12-;6?,7?,8?,9-,10-/m11111/s1. The summed E-state index contributed by atoms with van der Waals surface area (Å²) in [5, 5.41) is 27.8. The first-order valence-electron chi connectivity index (χ1n) is 42.9. The number of alkyl carbamates (subject to hydrolysis) is 1. The number of nitrogens with one attached hydrogen (secondary N) is 5. The number of halogens is 1. The van der Waals surface area contributed by atoms with Gasteiger partial charge in [0, 0.05) is 103 Å². The first kappa shape index (κ1) is 109. The zero-order valence-electron chi connectivity index (χ0n) is 77.8. The number of aliphatic imine (C=N–C) groups is 2. The van der Waals surface area contributed by atoms with Gasteiger partial charge in [0.25, 0.3) is 0 Å². The minimum absolute atomic E-state index is 0.0503. The monoisotopic (exact) mass is 1870 g/mol. The van der Waals surface area contributed by atoms with Gasteiger partial charge in [-0.3, -0.25) is 19.2 Å². The van der Waals surface area contributed by atoms with Crippen LogP contribution in [0.1, 0.15) is 55.9 Å². The van der Waals surface area contributed by atoms with Gasteiger partial charge in [-0.25, -0.2) is 14.8 Å². The third-order valence-corrected chi connectivity index (χ3v) is 23.3. The summed E-state index contributed by atoms with van der Waals surface area (Å²) in [7, 11) is 20.6. The minimum Gasteiger partial charge on any atom is -0.449 e. The van der Waals surface area contributed by atoms with Crippen molar-refractivity contribution in [2.75, 3.05) is 158 Å². The van der Waals surface area contributed by atoms with Crippen LogP contribution in [-0.2, 0) is 132 Å². The van der Waals surface area contributed by atoms with E-state index in [4.69, 9.17) is 145 Å². The lowest BCUT2D eigenvalue weighted by molar-refractivity contribution is -0.279. The number of carbonyl (C=O) groups is 5. The molecule has 0 bridgehead atoms. The van der Waals surface area contributed by atoms with E-state index in [1.807, 2.05) is 100 Å². The van der Waals surface area contributed by atoms with Crippen molar-refractivity contribution >= 4 is 64.0 Å². The molecule has 5 heterocycles. The number of nitrogens with zero attached hydrogens (tertiary/aromatic N) is 2. The van der Waals surface area contributed by atoms with E-state index >= 15 is 0 Å². The highest BCUT2D eigenvalue weighted by molar-refractivity contribution is 6.30. The molecule has 15 unspecified atom stereocenters. The van der Waals surface area contributed by atoms with Gasteiger partial charge in [0.2, 0.25) is 23.6 Å². The van der Waals surface area contributed by atoms with E-state index in [9.17, 15) is 29.1 Å². The Labute approximate surface area is 771 Å². The van der Waals surface area contributed by atoms with Crippen molar-refractivity contribution in [3.63, 3.8) is 0 Å². The average Bonchev–Trinajstić information content (AvgIpc) is 1.67. The molecule has 5 aliphatic heterocycles. The van der Waals surface area contributed by atoms with E-state index in [1.165, 1.54) is 7.11 Å². The Bertz CT molecular complexity index is 4260. The van der Waals surface area contributed by atoms with Crippen LogP contribution in [0.5, 0.6) is 0 Å². The second kappa shape index (κ2) is 56.6. The number of guanidine groups is 2. The Morgan fingerprint density at radius 1 is 0.420 bits per heavy atom. The summed E-state index contributed by atoms with van der Waals surface area (Å²) >= 11 is 5.99. The van der Waals surface area contributed by atoms with Crippen molar-refractivity contribution in [3.05, 3.63) is 143 Å². The topological polar surface area (TPSA) is 540 Å². The molecule has 25 atom stereocenters. The summed E-state index contributed by atoms with van der Waals surface area (Å²) in [5.74, 6) is -1.85. The van der Waals surface area contributed by atoms with E-state index in [0.29, 0.717) is 38.1 Å². The number of nitrogens with two attached hydrogens (primary N) is 6. The zero-order chi connectivity index (χ0) is 96.0. The SMILES string of the molecule is COCC1OC(C)C(N)[C@@H](OC)[C@@H]1OC.COCC1OC(C)C(NC(=O)CN)[C@@H](OC)[C@@H]1OC.COCC1OC(C)C(NC(=O)CN=C(N)N)[C@@H](OC)[C@@H]1OC.COCC1OC(C)C(NC(=O)CNC(=O)OCC2c3ccccc3-c3ccccc32)[C@@H](OC)[C@@H]1OC.CO[C@@H]1C(NC(=O)CN=C(N)N)C(OCc2ccc(Cl)cc2)OC(COCc2ccc3ccccc3c2)[C@H]1O. The maximum Gasteiger partial charge on any atom is 0.407 e. The van der Waals surface area contributed by atoms with Crippen molar-refractivity contribution in [3.8, 4) is 11.1 Å². The number of aliphatic hydroxyl groups excluding tert-OH is 1. The Kier molecular flexibility index (Phi) is 47.3. The van der Waals surface area contributed by atoms with E-state index in [2.05, 4.69) is 66.9 Å². The second-order valence-corrected chi connectivity index (χ2v) is 32.1. The molecule has 0 saturated carbocycles. The number of carbonyl (C=O) groups excluding carboxylic acids is 5. The van der Waals surface area contributed by atoms with Gasteiger partial charge in [-0.2, -0.15) is 0 Å². The fourth-order valence-electron chi connectivity index (χ4n) is 16.7. The first-order chi connectivity index (χ1) is 63.0. The predicted octanol–water partition coefficient (Wildman–Crippen LogP) is 1.44. The van der Waals surface area contributed by atoms with Gasteiger partial charge in [0.1, 0.15) is 124 Å². The van der Waals surface area contributed by atoms with Gasteiger partial charge in [-0.1, -0.05) is 109 Å². The van der Waals surface area contributed by atoms with Gasteiger partial charge < -0.3 is 166 Å². The largest absolute Gasteiger partial charge is 0.449 e. The summed E-state index contributed by atoms with van der Waals surface area (Å²) < 4.78 is 117. The van der Waals surface area contributed by atoms with Crippen molar-refractivity contribution in [2.45, 2.75) is 199 Å². The fraction of sp³-hybridized carbons (Fsp3) is 0.611. The van der Waals surface area contributed by atoms with Crippen LogP contribution in [0.2, 0.25) is 5.02 Å². The number of hydrogen-bond acceptors (Lipinski definition) is 31. The number of aliphatic hydroxyl groups is 1. The van der Waals surface area contributed by atoms with E-state index in [-0.39, 0.29) is 185 Å². The van der Waals surface area contributed by atoms with Gasteiger partial charge in [0.15, 0.2) is 18.2 Å². The Hall–Kier alpha value is -8.58. The molecule has 0 aromatic heterocycles. The molecule has 5 saturated heterocycles. The summed E-state index contributed by atoms with van der Waals surface area (Å²) in [6.45, 7) is 9.09. The number of hydrogen-bond donors (Lipinski definition) is 12. The zero-order valence-corrected chi connectivity index (χ0v) is 78.5. The lowest BCUT2D eigenvalue weighted by Crippen LogP contribution is -2.65. The first-order valence-corrected chi connectivity index (χ1v) is 43.3. The number of benzene rings is 5. The van der Waals surface area contributed by atoms with Crippen LogP contribution in [0, 0.1) is 0 Å². The molecular formula is C90H138ClN13O27. The molecule has 0 radical (unpaired) electrons. The van der Waals surface area contributed by atoms with Crippen LogP contribution in [0.3, 0.4) is 0 Å². The van der Waals surface area contributed by atoms with Gasteiger partial charge in [-0.15, -0.1) is 0 Å². The molecular weight excluding hydrogens is 1730 g/mol. The van der Waals surface area contributed by atoms with Crippen LogP contribution >= 0.6 is 11.6 Å². The van der Waals surface area contributed by atoms with Crippen LogP contribution in [-0.4, -0.2) is 357 Å². The normalized spacial score (nSPS) is 28.9. The lowest BCUT2D eigenvalue weighted by atomic mass is 9.93. The number of ether oxygens (including phenoxy) is 21. The molecule has 41 heteroatoms.